The van der Waals surface area contributed by atoms with Crippen LogP contribution in [0.4, 0.5) is 9.52 Å². The van der Waals surface area contributed by atoms with Gasteiger partial charge in [-0.2, -0.15) is 0 Å². The van der Waals surface area contributed by atoms with Crippen LogP contribution in [0.25, 0.3) is 0 Å². The average Bonchev–Trinajstić information content (AvgIpc) is 3.07. The summed E-state index contributed by atoms with van der Waals surface area (Å²) in [7, 11) is 0. The molecule has 1 fully saturated rings. The molecule has 1 aromatic heterocycles. The van der Waals surface area contributed by atoms with Gasteiger partial charge < -0.3 is 5.32 Å². The number of halogens is 1. The highest BCUT2D eigenvalue weighted by molar-refractivity contribution is 8.00. The van der Waals surface area contributed by atoms with Crippen LogP contribution in [-0.2, 0) is 16.0 Å². The van der Waals surface area contributed by atoms with E-state index in [1.54, 1.807) is 18.2 Å². The number of hydrogen-bond donors (Lipinski definition) is 2. The fraction of sp³-hybridized carbons (Fsp3) is 0.412. The normalized spacial score (nSPS) is 20.1. The van der Waals surface area contributed by atoms with Gasteiger partial charge in [0.2, 0.25) is 16.9 Å². The fourth-order valence-electron chi connectivity index (χ4n) is 2.46. The van der Waals surface area contributed by atoms with Gasteiger partial charge in [-0.3, -0.25) is 14.9 Å². The van der Waals surface area contributed by atoms with E-state index in [1.807, 2.05) is 13.8 Å². The number of benzene rings is 1. The first-order chi connectivity index (χ1) is 12.4. The molecule has 26 heavy (non-hydrogen) atoms. The lowest BCUT2D eigenvalue weighted by atomic mass is 10.1. The van der Waals surface area contributed by atoms with Crippen molar-refractivity contribution in [3.8, 4) is 0 Å². The third-order valence-corrected chi connectivity index (χ3v) is 6.37. The van der Waals surface area contributed by atoms with Crippen molar-refractivity contribution in [1.82, 2.24) is 15.5 Å². The summed E-state index contributed by atoms with van der Waals surface area (Å²) < 4.78 is 13.8. The van der Waals surface area contributed by atoms with E-state index in [-0.39, 0.29) is 23.5 Å². The molecular weight excluding hydrogens is 375 g/mol. The topological polar surface area (TPSA) is 84.0 Å². The summed E-state index contributed by atoms with van der Waals surface area (Å²) in [5.74, 6) is -0.237. The van der Waals surface area contributed by atoms with Crippen LogP contribution in [0.1, 0.15) is 30.3 Å². The lowest BCUT2D eigenvalue weighted by Gasteiger charge is -2.27. The van der Waals surface area contributed by atoms with Crippen molar-refractivity contribution in [3.63, 3.8) is 0 Å². The summed E-state index contributed by atoms with van der Waals surface area (Å²) in [4.78, 5) is 24.7. The third-order valence-electron chi connectivity index (χ3n) is 3.92. The summed E-state index contributed by atoms with van der Waals surface area (Å²) >= 11 is 2.68. The Bertz CT molecular complexity index is 812. The maximum Gasteiger partial charge on any atom is 0.249 e. The first-order valence-electron chi connectivity index (χ1n) is 8.23. The molecule has 1 aromatic carbocycles. The minimum atomic E-state index is -0.643. The van der Waals surface area contributed by atoms with Gasteiger partial charge in [0.25, 0.3) is 0 Å². The third kappa shape index (κ3) is 4.39. The number of carbonyl (C=O) groups excluding carboxylic acids is 2. The van der Waals surface area contributed by atoms with Crippen LogP contribution in [0.15, 0.2) is 24.3 Å². The van der Waals surface area contributed by atoms with Gasteiger partial charge in [0.1, 0.15) is 16.9 Å². The Hall–Kier alpha value is -2.00. The molecule has 2 N–H and O–H groups in total. The van der Waals surface area contributed by atoms with Gasteiger partial charge in [0, 0.05) is 11.7 Å². The molecule has 9 heteroatoms. The molecule has 2 aromatic rings. The molecular formula is C17H19FN4O2S2. The monoisotopic (exact) mass is 394 g/mol. The van der Waals surface area contributed by atoms with Gasteiger partial charge in [0.15, 0.2) is 0 Å². The zero-order valence-electron chi connectivity index (χ0n) is 14.4. The zero-order valence-corrected chi connectivity index (χ0v) is 16.0. The Kier molecular flexibility index (Phi) is 5.87. The van der Waals surface area contributed by atoms with Crippen molar-refractivity contribution in [2.45, 2.75) is 37.5 Å². The summed E-state index contributed by atoms with van der Waals surface area (Å²) in [5, 5.41) is 14.2. The van der Waals surface area contributed by atoms with E-state index in [9.17, 15) is 14.0 Å². The molecule has 2 amide bonds. The first kappa shape index (κ1) is 18.8. The van der Waals surface area contributed by atoms with E-state index in [0.717, 1.165) is 5.01 Å². The van der Waals surface area contributed by atoms with Crippen LogP contribution in [0, 0.1) is 5.82 Å². The molecule has 6 nitrogen and oxygen atoms in total. The minimum Gasteiger partial charge on any atom is -0.343 e. The molecule has 0 spiro atoms. The van der Waals surface area contributed by atoms with Crippen molar-refractivity contribution in [1.29, 1.82) is 0 Å². The quantitative estimate of drug-likeness (QED) is 0.814. The summed E-state index contributed by atoms with van der Waals surface area (Å²) in [6.45, 7) is 4.00. The standard InChI is InChI=1S/C17H19FN4O2S2/c1-9(2)16-21-22-17(26-16)20-14(23)12-8-25-13(15(24)19-12)7-10-5-3-4-6-11(10)18/h3-6,9,12-13H,7-8H2,1-2H3,(H,19,24)(H,20,22,23)/t12-,13+/m0/s1. The number of carbonyl (C=O) groups is 2. The Morgan fingerprint density at radius 1 is 1.38 bits per heavy atom. The second kappa shape index (κ2) is 8.13. The smallest absolute Gasteiger partial charge is 0.249 e. The summed E-state index contributed by atoms with van der Waals surface area (Å²) in [6.07, 6.45) is 0.297. The number of amides is 2. The van der Waals surface area contributed by atoms with Crippen LogP contribution in [0.2, 0.25) is 0 Å². The maximum absolute atomic E-state index is 13.8. The number of nitrogens with one attached hydrogen (secondary N) is 2. The second-order valence-corrected chi connectivity index (χ2v) is 8.51. The molecule has 0 saturated carbocycles. The van der Waals surface area contributed by atoms with Gasteiger partial charge in [-0.15, -0.1) is 22.0 Å². The van der Waals surface area contributed by atoms with Crippen molar-refractivity contribution in [2.24, 2.45) is 0 Å². The van der Waals surface area contributed by atoms with Crippen LogP contribution in [-0.4, -0.2) is 39.1 Å². The van der Waals surface area contributed by atoms with Crippen molar-refractivity contribution < 1.29 is 14.0 Å². The largest absolute Gasteiger partial charge is 0.343 e. The van der Waals surface area contributed by atoms with Crippen molar-refractivity contribution >= 4 is 40.0 Å². The highest BCUT2D eigenvalue weighted by atomic mass is 32.2. The number of rotatable bonds is 5. The molecule has 0 unspecified atom stereocenters. The molecule has 0 aliphatic carbocycles. The van der Waals surface area contributed by atoms with Crippen molar-refractivity contribution in [2.75, 3.05) is 11.1 Å². The van der Waals surface area contributed by atoms with Gasteiger partial charge in [-0.05, 0) is 18.1 Å². The summed E-state index contributed by atoms with van der Waals surface area (Å²) in [6, 6.07) is 5.77. The lowest BCUT2D eigenvalue weighted by Crippen LogP contribution is -2.52. The molecule has 1 aliphatic rings. The second-order valence-electron chi connectivity index (χ2n) is 6.27. The molecule has 138 valence electrons. The Morgan fingerprint density at radius 3 is 2.81 bits per heavy atom. The summed E-state index contributed by atoms with van der Waals surface area (Å²) in [5.41, 5.74) is 0.498. The Balaban J connectivity index is 1.56. The molecule has 1 aliphatic heterocycles. The van der Waals surface area contributed by atoms with Gasteiger partial charge >= 0.3 is 0 Å². The Labute approximate surface area is 159 Å². The maximum atomic E-state index is 13.8. The SMILES string of the molecule is CC(C)c1nnc(NC(=O)[C@@H]2CS[C@H](Cc3ccccc3F)C(=O)N2)s1. The minimum absolute atomic E-state index is 0.238. The highest BCUT2D eigenvalue weighted by Gasteiger charge is 2.33. The number of hydrogen-bond acceptors (Lipinski definition) is 6. The average molecular weight is 394 g/mol. The van der Waals surface area contributed by atoms with Crippen LogP contribution in [0.5, 0.6) is 0 Å². The van der Waals surface area contributed by atoms with E-state index >= 15 is 0 Å². The molecule has 0 bridgehead atoms. The van der Waals surface area contributed by atoms with Crippen molar-refractivity contribution in [3.05, 3.63) is 40.7 Å². The van der Waals surface area contributed by atoms with Gasteiger partial charge in [0.05, 0.1) is 5.25 Å². The highest BCUT2D eigenvalue weighted by Crippen LogP contribution is 2.25. The number of aromatic nitrogens is 2. The molecule has 2 heterocycles. The van der Waals surface area contributed by atoms with Crippen LogP contribution in [0.3, 0.4) is 0 Å². The number of anilines is 1. The van der Waals surface area contributed by atoms with Crippen LogP contribution >= 0.6 is 23.1 Å². The van der Waals surface area contributed by atoms with E-state index in [2.05, 4.69) is 20.8 Å². The van der Waals surface area contributed by atoms with E-state index in [0.29, 0.717) is 22.9 Å². The number of nitrogens with zero attached hydrogens (tertiary/aromatic N) is 2. The molecule has 3 rings (SSSR count). The predicted octanol–water partition coefficient (Wildman–Crippen LogP) is 2.58. The predicted molar refractivity (Wildman–Crippen MR) is 101 cm³/mol. The number of thioether (sulfide) groups is 1. The first-order valence-corrected chi connectivity index (χ1v) is 10.1. The lowest BCUT2D eigenvalue weighted by molar-refractivity contribution is -0.126. The van der Waals surface area contributed by atoms with E-state index in [4.69, 9.17) is 0 Å². The zero-order chi connectivity index (χ0) is 18.7. The van der Waals surface area contributed by atoms with Gasteiger partial charge in [-0.25, -0.2) is 4.39 Å². The van der Waals surface area contributed by atoms with Gasteiger partial charge in [-0.1, -0.05) is 43.4 Å². The van der Waals surface area contributed by atoms with E-state index < -0.39 is 11.3 Å². The molecule has 0 radical (unpaired) electrons. The molecule has 2 atom stereocenters. The fourth-order valence-corrected chi connectivity index (χ4v) is 4.39. The van der Waals surface area contributed by atoms with Crippen LogP contribution < -0.4 is 10.6 Å². The van der Waals surface area contributed by atoms with E-state index in [1.165, 1.54) is 29.2 Å². The molecule has 1 saturated heterocycles. The Morgan fingerprint density at radius 2 is 2.15 bits per heavy atom.